The molecule has 3 rings (SSSR count). The van der Waals surface area contributed by atoms with Crippen LogP contribution in [0.4, 0.5) is 0 Å². The summed E-state index contributed by atoms with van der Waals surface area (Å²) < 4.78 is 0. The zero-order valence-corrected chi connectivity index (χ0v) is 17.4. The summed E-state index contributed by atoms with van der Waals surface area (Å²) in [4.78, 5) is 54.7. The van der Waals surface area contributed by atoms with Crippen LogP contribution in [0.5, 0.6) is 0 Å². The molecule has 0 aliphatic carbocycles. The minimum atomic E-state index is -0.425. The molecular formula is C22H29N3O4. The number of nitrogens with zero attached hydrogens (tertiary/aromatic N) is 3. The van der Waals surface area contributed by atoms with Crippen LogP contribution >= 0.6 is 0 Å². The molecule has 0 N–H and O–H groups in total. The van der Waals surface area contributed by atoms with Crippen molar-refractivity contribution in [2.75, 3.05) is 32.7 Å². The Kier molecular flexibility index (Phi) is 6.05. The summed E-state index contributed by atoms with van der Waals surface area (Å²) in [6.45, 7) is 8.30. The molecule has 7 nitrogen and oxygen atoms in total. The maximum absolute atomic E-state index is 12.6. The first-order valence-electron chi connectivity index (χ1n) is 10.2. The fourth-order valence-corrected chi connectivity index (χ4v) is 3.83. The summed E-state index contributed by atoms with van der Waals surface area (Å²) in [5.74, 6) is -0.461. The monoisotopic (exact) mass is 399 g/mol. The molecule has 0 aromatic heterocycles. The molecule has 2 aliphatic rings. The number of amides is 4. The van der Waals surface area contributed by atoms with Gasteiger partial charge in [0.1, 0.15) is 0 Å². The maximum atomic E-state index is 12.6. The average molecular weight is 399 g/mol. The number of imide groups is 1. The van der Waals surface area contributed by atoms with Crippen LogP contribution in [0.3, 0.4) is 0 Å². The summed E-state index contributed by atoms with van der Waals surface area (Å²) in [7, 11) is 0. The summed E-state index contributed by atoms with van der Waals surface area (Å²) in [6, 6.07) is 6.79. The van der Waals surface area contributed by atoms with Gasteiger partial charge in [0.25, 0.3) is 11.8 Å². The lowest BCUT2D eigenvalue weighted by atomic mass is 9.94. The Labute approximate surface area is 171 Å². The molecule has 1 fully saturated rings. The van der Waals surface area contributed by atoms with Crippen molar-refractivity contribution in [3.8, 4) is 0 Å². The number of carbonyl (C=O) groups excluding carboxylic acids is 4. The van der Waals surface area contributed by atoms with E-state index in [4.69, 9.17) is 0 Å². The Bertz CT molecular complexity index is 793. The third-order valence-corrected chi connectivity index (χ3v) is 5.43. The van der Waals surface area contributed by atoms with E-state index in [9.17, 15) is 19.2 Å². The third kappa shape index (κ3) is 4.49. The Hall–Kier alpha value is -2.70. The molecule has 1 aromatic rings. The zero-order valence-electron chi connectivity index (χ0n) is 17.4. The van der Waals surface area contributed by atoms with Gasteiger partial charge in [-0.25, -0.2) is 0 Å². The van der Waals surface area contributed by atoms with E-state index in [-0.39, 0.29) is 36.6 Å². The summed E-state index contributed by atoms with van der Waals surface area (Å²) in [6.07, 6.45) is 1.47. The molecule has 0 bridgehead atoms. The Morgan fingerprint density at radius 2 is 1.45 bits per heavy atom. The molecule has 0 atom stereocenters. The van der Waals surface area contributed by atoms with Gasteiger partial charge in [0.15, 0.2) is 0 Å². The SMILES string of the molecule is CC(C)(C)C(=O)N1CCCN(C(=O)CCCN2C(=O)c3ccccc3C2=O)CC1. The topological polar surface area (TPSA) is 78.0 Å². The van der Waals surface area contributed by atoms with Crippen LogP contribution in [0.2, 0.25) is 0 Å². The number of benzene rings is 1. The highest BCUT2D eigenvalue weighted by Gasteiger charge is 2.35. The van der Waals surface area contributed by atoms with E-state index in [0.29, 0.717) is 43.7 Å². The first-order chi connectivity index (χ1) is 13.7. The average Bonchev–Trinajstić information content (AvgIpc) is 2.85. The molecule has 0 spiro atoms. The predicted octanol–water partition coefficient (Wildman–Crippen LogP) is 2.17. The van der Waals surface area contributed by atoms with Crippen LogP contribution in [0, 0.1) is 5.41 Å². The molecule has 0 unspecified atom stereocenters. The van der Waals surface area contributed by atoms with E-state index < -0.39 is 5.41 Å². The second-order valence-electron chi connectivity index (χ2n) is 8.69. The van der Waals surface area contributed by atoms with Crippen molar-refractivity contribution in [1.29, 1.82) is 0 Å². The van der Waals surface area contributed by atoms with Gasteiger partial charge >= 0.3 is 0 Å². The Balaban J connectivity index is 1.49. The van der Waals surface area contributed by atoms with Gasteiger partial charge in [-0.1, -0.05) is 32.9 Å². The van der Waals surface area contributed by atoms with E-state index in [0.717, 1.165) is 6.42 Å². The maximum Gasteiger partial charge on any atom is 0.261 e. The van der Waals surface area contributed by atoms with Crippen LogP contribution in [0.25, 0.3) is 0 Å². The lowest BCUT2D eigenvalue weighted by molar-refractivity contribution is -0.140. The Morgan fingerprint density at radius 3 is 2.03 bits per heavy atom. The molecule has 4 amide bonds. The predicted molar refractivity (Wildman–Crippen MR) is 108 cm³/mol. The van der Waals surface area contributed by atoms with Crippen molar-refractivity contribution in [3.63, 3.8) is 0 Å². The van der Waals surface area contributed by atoms with Crippen molar-refractivity contribution in [2.45, 2.75) is 40.0 Å². The van der Waals surface area contributed by atoms with Gasteiger partial charge in [-0.2, -0.15) is 0 Å². The molecule has 2 heterocycles. The van der Waals surface area contributed by atoms with E-state index in [2.05, 4.69) is 0 Å². The second kappa shape index (κ2) is 8.35. The van der Waals surface area contributed by atoms with Gasteiger partial charge in [-0.05, 0) is 25.0 Å². The summed E-state index contributed by atoms with van der Waals surface area (Å²) >= 11 is 0. The highest BCUT2D eigenvalue weighted by molar-refractivity contribution is 6.21. The van der Waals surface area contributed by atoms with Crippen LogP contribution in [-0.4, -0.2) is 71.1 Å². The highest BCUT2D eigenvalue weighted by Crippen LogP contribution is 2.23. The van der Waals surface area contributed by atoms with Gasteiger partial charge < -0.3 is 9.80 Å². The zero-order chi connectivity index (χ0) is 21.2. The fourth-order valence-electron chi connectivity index (χ4n) is 3.83. The van der Waals surface area contributed by atoms with E-state index >= 15 is 0 Å². The number of carbonyl (C=O) groups is 4. The largest absolute Gasteiger partial charge is 0.341 e. The first-order valence-corrected chi connectivity index (χ1v) is 10.2. The smallest absolute Gasteiger partial charge is 0.261 e. The molecular weight excluding hydrogens is 370 g/mol. The number of rotatable bonds is 4. The van der Waals surface area contributed by atoms with Crippen LogP contribution in [0.15, 0.2) is 24.3 Å². The molecule has 7 heteroatoms. The second-order valence-corrected chi connectivity index (χ2v) is 8.69. The van der Waals surface area contributed by atoms with Gasteiger partial charge in [-0.3, -0.25) is 24.1 Å². The summed E-state index contributed by atoms with van der Waals surface area (Å²) in [5.41, 5.74) is 0.436. The molecule has 29 heavy (non-hydrogen) atoms. The minimum absolute atomic E-state index is 0.00617. The molecule has 1 aromatic carbocycles. The van der Waals surface area contributed by atoms with E-state index in [1.54, 1.807) is 29.2 Å². The molecule has 156 valence electrons. The minimum Gasteiger partial charge on any atom is -0.341 e. The number of hydrogen-bond donors (Lipinski definition) is 0. The van der Waals surface area contributed by atoms with Crippen molar-refractivity contribution in [2.24, 2.45) is 5.41 Å². The fraction of sp³-hybridized carbons (Fsp3) is 0.545. The van der Waals surface area contributed by atoms with Crippen LogP contribution < -0.4 is 0 Å². The Morgan fingerprint density at radius 1 is 0.897 bits per heavy atom. The molecule has 2 aliphatic heterocycles. The van der Waals surface area contributed by atoms with Crippen LogP contribution in [-0.2, 0) is 9.59 Å². The lowest BCUT2D eigenvalue weighted by Gasteiger charge is -2.28. The highest BCUT2D eigenvalue weighted by atomic mass is 16.2. The van der Waals surface area contributed by atoms with Gasteiger partial charge in [0, 0.05) is 44.6 Å². The normalized spacial score (nSPS) is 17.4. The molecule has 0 radical (unpaired) electrons. The molecule has 0 saturated carbocycles. The van der Waals surface area contributed by atoms with E-state index in [1.165, 1.54) is 4.90 Å². The van der Waals surface area contributed by atoms with Crippen molar-refractivity contribution in [1.82, 2.24) is 14.7 Å². The lowest BCUT2D eigenvalue weighted by Crippen LogP contribution is -2.42. The van der Waals surface area contributed by atoms with Crippen LogP contribution in [0.1, 0.15) is 60.7 Å². The standard InChI is InChI=1S/C22H29N3O4/c1-22(2,3)21(29)24-12-7-11-23(14-15-24)18(26)10-6-13-25-19(27)16-8-4-5-9-17(16)20(25)28/h4-5,8-9H,6-7,10-15H2,1-3H3. The van der Waals surface area contributed by atoms with Crippen molar-refractivity contribution in [3.05, 3.63) is 35.4 Å². The van der Waals surface area contributed by atoms with Gasteiger partial charge in [0.2, 0.25) is 11.8 Å². The third-order valence-electron chi connectivity index (χ3n) is 5.43. The first kappa shape index (κ1) is 21.0. The quantitative estimate of drug-likeness (QED) is 0.727. The van der Waals surface area contributed by atoms with E-state index in [1.807, 2.05) is 25.7 Å². The van der Waals surface area contributed by atoms with Gasteiger partial charge in [0.05, 0.1) is 11.1 Å². The summed E-state index contributed by atoms with van der Waals surface area (Å²) in [5, 5.41) is 0. The van der Waals surface area contributed by atoms with Crippen molar-refractivity contribution < 1.29 is 19.2 Å². The number of hydrogen-bond acceptors (Lipinski definition) is 4. The number of fused-ring (bicyclic) bond motifs is 1. The van der Waals surface area contributed by atoms with Crippen molar-refractivity contribution >= 4 is 23.6 Å². The van der Waals surface area contributed by atoms with Gasteiger partial charge in [-0.15, -0.1) is 0 Å². The molecule has 1 saturated heterocycles.